The van der Waals surface area contributed by atoms with Crippen molar-refractivity contribution in [3.05, 3.63) is 44.0 Å². The van der Waals surface area contributed by atoms with Gasteiger partial charge in [0.2, 0.25) is 0 Å². The van der Waals surface area contributed by atoms with Crippen LogP contribution in [0.4, 0.5) is 50.9 Å². The van der Waals surface area contributed by atoms with E-state index in [2.05, 4.69) is 0 Å². The van der Waals surface area contributed by atoms with Gasteiger partial charge in [-0.1, -0.05) is 0 Å². The van der Waals surface area contributed by atoms with Crippen LogP contribution in [0.25, 0.3) is 0 Å². The summed E-state index contributed by atoms with van der Waals surface area (Å²) < 4.78 is 116. The second kappa shape index (κ2) is 5.73. The molecule has 1 aromatic rings. The van der Waals surface area contributed by atoms with Gasteiger partial charge in [0.1, 0.15) is 5.56 Å². The number of hydrogen-bond acceptors (Lipinski definition) is 4. The first kappa shape index (κ1) is 20.4. The minimum absolute atomic E-state index is 0.0120. The molecule has 1 rings (SSSR count). The molecule has 0 amide bonds. The largest absolute Gasteiger partial charge is 0.460 e. The number of benzene rings is 1. The predicted octanol–water partition coefficient (Wildman–Crippen LogP) is 4.43. The van der Waals surface area contributed by atoms with Crippen LogP contribution in [0.15, 0.2) is 18.2 Å². The van der Waals surface area contributed by atoms with Crippen molar-refractivity contribution in [3.8, 4) is 0 Å². The number of nitrogens with zero attached hydrogens (tertiary/aromatic N) is 2. The van der Waals surface area contributed by atoms with E-state index >= 15 is 0 Å². The Morgan fingerprint density at radius 3 is 1.60 bits per heavy atom. The van der Waals surface area contributed by atoms with Gasteiger partial charge in [-0.15, -0.1) is 0 Å². The zero-order valence-electron chi connectivity index (χ0n) is 11.2. The van der Waals surface area contributed by atoms with Crippen LogP contribution in [0, 0.1) is 20.2 Å². The number of hydrogen-bond donors (Lipinski definition) is 0. The fraction of sp³-hybridized carbons (Fsp3) is 0.400. The van der Waals surface area contributed by atoms with Crippen LogP contribution >= 0.6 is 0 Å². The Bertz CT molecular complexity index is 717. The minimum atomic E-state index is -7.25. The molecule has 0 heterocycles. The molecular weight excluding hydrogens is 383 g/mol. The summed E-state index contributed by atoms with van der Waals surface area (Å²) in [6.07, 6.45) is -7.10. The summed E-state index contributed by atoms with van der Waals surface area (Å²) in [5, 5.41) is 21.0. The molecule has 0 saturated carbocycles. The molecule has 0 fully saturated rings. The molecule has 25 heavy (non-hydrogen) atoms. The van der Waals surface area contributed by atoms with Gasteiger partial charge in [-0.25, -0.2) is 0 Å². The Labute approximate surface area is 130 Å². The molecule has 140 valence electrons. The van der Waals surface area contributed by atoms with Gasteiger partial charge in [-0.2, -0.15) is 39.5 Å². The van der Waals surface area contributed by atoms with Crippen LogP contribution in [0.1, 0.15) is 5.56 Å². The van der Waals surface area contributed by atoms with Crippen molar-refractivity contribution < 1.29 is 49.4 Å². The van der Waals surface area contributed by atoms with Crippen molar-refractivity contribution in [2.24, 2.45) is 0 Å². The third-order valence-electron chi connectivity index (χ3n) is 2.87. The van der Waals surface area contributed by atoms with Crippen molar-refractivity contribution in [2.45, 2.75) is 23.9 Å². The van der Waals surface area contributed by atoms with Crippen molar-refractivity contribution in [2.75, 3.05) is 0 Å². The summed E-state index contributed by atoms with van der Waals surface area (Å²) in [6.45, 7) is 0. The lowest BCUT2D eigenvalue weighted by atomic mass is 9.95. The highest BCUT2D eigenvalue weighted by Crippen LogP contribution is 2.57. The fourth-order valence-electron chi connectivity index (χ4n) is 1.59. The van der Waals surface area contributed by atoms with E-state index in [9.17, 15) is 59.7 Å². The van der Waals surface area contributed by atoms with Crippen molar-refractivity contribution in [1.29, 1.82) is 0 Å². The third kappa shape index (κ3) is 3.05. The Hall–Kier alpha value is -2.61. The van der Waals surface area contributed by atoms with Crippen LogP contribution < -0.4 is 0 Å². The van der Waals surface area contributed by atoms with Crippen molar-refractivity contribution in [3.63, 3.8) is 0 Å². The van der Waals surface area contributed by atoms with Crippen LogP contribution in [-0.4, -0.2) is 27.9 Å². The summed E-state index contributed by atoms with van der Waals surface area (Å²) in [4.78, 5) is 17.8. The topological polar surface area (TPSA) is 86.3 Å². The maximum atomic E-state index is 13.7. The molecule has 0 aliphatic heterocycles. The first-order valence-electron chi connectivity index (χ1n) is 5.62. The normalized spacial score (nSPS) is 13.6. The highest BCUT2D eigenvalue weighted by Gasteiger charge is 2.82. The van der Waals surface area contributed by atoms with E-state index in [-0.39, 0.29) is 12.1 Å². The monoisotopic (exact) mass is 386 g/mol. The van der Waals surface area contributed by atoms with E-state index in [1.807, 2.05) is 0 Å². The standard InChI is InChI=1S/C10H3F9N2O4/c11-7(12,8(13,14)9(15,16)10(17,18)19)5-2-1-4(20(22)23)3-6(5)21(24)25/h1-3H. The summed E-state index contributed by atoms with van der Waals surface area (Å²) in [5.74, 6) is -20.8. The quantitative estimate of drug-likeness (QED) is 0.426. The molecule has 0 aliphatic rings. The number of rotatable bonds is 5. The smallest absolute Gasteiger partial charge is 0.258 e. The van der Waals surface area contributed by atoms with Gasteiger partial charge in [-0.05, 0) is 6.07 Å². The SMILES string of the molecule is O=[N+]([O-])c1ccc(C(F)(F)C(F)(F)C(F)(F)C(F)(F)F)c([N+](=O)[O-])c1. The van der Waals surface area contributed by atoms with Crippen LogP contribution in [0.5, 0.6) is 0 Å². The third-order valence-corrected chi connectivity index (χ3v) is 2.87. The van der Waals surface area contributed by atoms with Crippen LogP contribution in [0.2, 0.25) is 0 Å². The molecule has 0 aliphatic carbocycles. The highest BCUT2D eigenvalue weighted by atomic mass is 19.4. The molecule has 1 aromatic carbocycles. The maximum absolute atomic E-state index is 13.7. The Morgan fingerprint density at radius 1 is 0.760 bits per heavy atom. The molecular formula is C10H3F9N2O4. The van der Waals surface area contributed by atoms with Crippen LogP contribution in [0.3, 0.4) is 0 Å². The first-order chi connectivity index (χ1) is 11.0. The van der Waals surface area contributed by atoms with Crippen molar-refractivity contribution in [1.82, 2.24) is 0 Å². The van der Waals surface area contributed by atoms with Gasteiger partial charge in [0.15, 0.2) is 0 Å². The van der Waals surface area contributed by atoms with E-state index in [1.165, 1.54) is 0 Å². The van der Waals surface area contributed by atoms with E-state index < -0.39 is 56.8 Å². The van der Waals surface area contributed by atoms with Gasteiger partial charge in [0.25, 0.3) is 11.4 Å². The zero-order chi connectivity index (χ0) is 20.0. The van der Waals surface area contributed by atoms with Gasteiger partial charge in [-0.3, -0.25) is 20.2 Å². The number of halogens is 9. The minimum Gasteiger partial charge on any atom is -0.258 e. The second-order valence-corrected chi connectivity index (χ2v) is 4.44. The molecule has 0 unspecified atom stereocenters. The predicted molar refractivity (Wildman–Crippen MR) is 59.6 cm³/mol. The second-order valence-electron chi connectivity index (χ2n) is 4.44. The van der Waals surface area contributed by atoms with Crippen LogP contribution in [-0.2, 0) is 5.92 Å². The number of nitro benzene ring substituents is 2. The molecule has 0 N–H and O–H groups in total. The summed E-state index contributed by atoms with van der Waals surface area (Å²) in [6, 6.07) is -0.653. The molecule has 6 nitrogen and oxygen atoms in total. The summed E-state index contributed by atoms with van der Waals surface area (Å²) >= 11 is 0. The number of nitro groups is 2. The van der Waals surface area contributed by atoms with Gasteiger partial charge in [0.05, 0.1) is 15.9 Å². The lowest BCUT2D eigenvalue weighted by molar-refractivity contribution is -0.409. The van der Waals surface area contributed by atoms with E-state index in [0.29, 0.717) is 0 Å². The maximum Gasteiger partial charge on any atom is 0.460 e. The Morgan fingerprint density at radius 2 is 1.24 bits per heavy atom. The number of non-ortho nitro benzene ring substituents is 1. The molecule has 15 heteroatoms. The van der Waals surface area contributed by atoms with Gasteiger partial charge < -0.3 is 0 Å². The Balaban J connectivity index is 3.68. The molecule has 0 aromatic heterocycles. The molecule has 0 atom stereocenters. The summed E-state index contributed by atoms with van der Waals surface area (Å²) in [7, 11) is 0. The molecule has 0 saturated heterocycles. The molecule has 0 spiro atoms. The summed E-state index contributed by atoms with van der Waals surface area (Å²) in [5.41, 5.74) is -5.92. The van der Waals surface area contributed by atoms with Gasteiger partial charge >= 0.3 is 23.9 Å². The van der Waals surface area contributed by atoms with Crippen molar-refractivity contribution >= 4 is 11.4 Å². The first-order valence-corrected chi connectivity index (χ1v) is 5.62. The van der Waals surface area contributed by atoms with E-state index in [1.54, 1.807) is 0 Å². The molecule has 0 bridgehead atoms. The van der Waals surface area contributed by atoms with E-state index in [0.717, 1.165) is 0 Å². The molecule has 0 radical (unpaired) electrons. The zero-order valence-corrected chi connectivity index (χ0v) is 11.2. The lowest BCUT2D eigenvalue weighted by Gasteiger charge is -2.33. The average Bonchev–Trinajstić information content (AvgIpc) is 2.44. The highest BCUT2D eigenvalue weighted by molar-refractivity contribution is 5.51. The fourth-order valence-corrected chi connectivity index (χ4v) is 1.59. The van der Waals surface area contributed by atoms with Gasteiger partial charge in [0, 0.05) is 6.07 Å². The Kier molecular flexibility index (Phi) is 4.68. The average molecular weight is 386 g/mol. The number of alkyl halides is 9. The van der Waals surface area contributed by atoms with E-state index in [4.69, 9.17) is 0 Å². The lowest BCUT2D eigenvalue weighted by Crippen LogP contribution is -2.59.